The summed E-state index contributed by atoms with van der Waals surface area (Å²) in [5.41, 5.74) is 1.07. The number of halogens is 1. The first-order valence-electron chi connectivity index (χ1n) is 8.19. The number of aromatic nitrogens is 1. The van der Waals surface area contributed by atoms with Crippen molar-refractivity contribution in [3.63, 3.8) is 0 Å². The lowest BCUT2D eigenvalue weighted by Crippen LogP contribution is -2.39. The molecule has 2 rings (SSSR count). The van der Waals surface area contributed by atoms with Crippen LogP contribution in [-0.2, 0) is 6.54 Å². The van der Waals surface area contributed by atoms with E-state index in [0.717, 1.165) is 18.2 Å². The third kappa shape index (κ3) is 7.96. The van der Waals surface area contributed by atoms with Crippen molar-refractivity contribution in [1.29, 1.82) is 0 Å². The van der Waals surface area contributed by atoms with Gasteiger partial charge in [-0.3, -0.25) is 4.99 Å². The number of nitrogens with zero attached hydrogens (tertiary/aromatic N) is 2. The summed E-state index contributed by atoms with van der Waals surface area (Å²) in [6, 6.07) is 10.5. The Balaban J connectivity index is 0.00000312. The first-order chi connectivity index (χ1) is 11.6. The Morgan fingerprint density at radius 1 is 1.20 bits per heavy atom. The van der Waals surface area contributed by atoms with Gasteiger partial charge in [0.15, 0.2) is 5.96 Å². The maximum Gasteiger partial charge on any atom is 0.191 e. The van der Waals surface area contributed by atoms with E-state index in [2.05, 4.69) is 71.0 Å². The van der Waals surface area contributed by atoms with E-state index >= 15 is 0 Å². The highest BCUT2D eigenvalue weighted by molar-refractivity contribution is 14.0. The summed E-state index contributed by atoms with van der Waals surface area (Å²) in [4.78, 5) is 10.2. The van der Waals surface area contributed by atoms with E-state index in [1.807, 2.05) is 17.8 Å². The Kier molecular flexibility index (Phi) is 10.4. The molecule has 1 heterocycles. The number of rotatable bonds is 7. The zero-order valence-corrected chi connectivity index (χ0v) is 19.1. The molecule has 0 fully saturated rings. The standard InChI is InChI=1S/C18H26N4S2.HI/c1-13(2)17-22-15(12-23-17)11-21-18(19-4)20-10-14(3)24-16-8-6-5-7-9-16;/h5-9,12-14H,10-11H2,1-4H3,(H2,19,20,21);1H. The van der Waals surface area contributed by atoms with Crippen LogP contribution in [-0.4, -0.2) is 29.8 Å². The summed E-state index contributed by atoms with van der Waals surface area (Å²) in [7, 11) is 1.80. The van der Waals surface area contributed by atoms with Crippen LogP contribution in [0.2, 0.25) is 0 Å². The highest BCUT2D eigenvalue weighted by Crippen LogP contribution is 2.22. The van der Waals surface area contributed by atoms with Crippen LogP contribution in [0.4, 0.5) is 0 Å². The van der Waals surface area contributed by atoms with Crippen LogP contribution in [0.3, 0.4) is 0 Å². The van der Waals surface area contributed by atoms with Gasteiger partial charge in [-0.2, -0.15) is 0 Å². The Morgan fingerprint density at radius 3 is 2.52 bits per heavy atom. The molecule has 1 aromatic carbocycles. The van der Waals surface area contributed by atoms with Crippen molar-refractivity contribution in [3.8, 4) is 0 Å². The number of benzene rings is 1. The van der Waals surface area contributed by atoms with E-state index in [9.17, 15) is 0 Å². The third-order valence-corrected chi connectivity index (χ3v) is 5.67. The molecule has 2 aromatic rings. The predicted molar refractivity (Wildman–Crippen MR) is 122 cm³/mol. The summed E-state index contributed by atoms with van der Waals surface area (Å²) >= 11 is 3.58. The van der Waals surface area contributed by atoms with Gasteiger partial charge in [-0.05, 0) is 12.1 Å². The Hall–Kier alpha value is -0.800. The maximum atomic E-state index is 4.64. The molecule has 0 aliphatic carbocycles. The summed E-state index contributed by atoms with van der Waals surface area (Å²) in [6.07, 6.45) is 0. The number of thiazole rings is 1. The second-order valence-corrected chi connectivity index (χ2v) is 8.28. The summed E-state index contributed by atoms with van der Waals surface area (Å²) in [6.45, 7) is 8.11. The smallest absolute Gasteiger partial charge is 0.191 e. The van der Waals surface area contributed by atoms with E-state index < -0.39 is 0 Å². The van der Waals surface area contributed by atoms with E-state index in [0.29, 0.717) is 17.7 Å². The first kappa shape index (κ1) is 22.2. The summed E-state index contributed by atoms with van der Waals surface area (Å²) in [5, 5.41) is 10.5. The largest absolute Gasteiger partial charge is 0.355 e. The fourth-order valence-electron chi connectivity index (χ4n) is 2.08. The number of aliphatic imine (C=N–C) groups is 1. The monoisotopic (exact) mass is 490 g/mol. The quantitative estimate of drug-likeness (QED) is 0.255. The molecular formula is C18H27IN4S2. The van der Waals surface area contributed by atoms with Gasteiger partial charge in [0.25, 0.3) is 0 Å². The zero-order valence-electron chi connectivity index (χ0n) is 15.2. The SMILES string of the molecule is CN=C(NCc1csc(C(C)C)n1)NCC(C)Sc1ccccc1.I. The molecule has 0 saturated carbocycles. The van der Waals surface area contributed by atoms with Gasteiger partial charge < -0.3 is 10.6 Å². The van der Waals surface area contributed by atoms with E-state index in [-0.39, 0.29) is 24.0 Å². The lowest BCUT2D eigenvalue weighted by atomic mass is 10.2. The molecule has 0 bridgehead atoms. The van der Waals surface area contributed by atoms with E-state index in [1.54, 1.807) is 18.4 Å². The highest BCUT2D eigenvalue weighted by Gasteiger charge is 2.08. The van der Waals surface area contributed by atoms with Crippen molar-refractivity contribution in [2.75, 3.05) is 13.6 Å². The number of hydrogen-bond donors (Lipinski definition) is 2. The van der Waals surface area contributed by atoms with Crippen LogP contribution in [0.25, 0.3) is 0 Å². The molecule has 0 spiro atoms. The van der Waals surface area contributed by atoms with Crippen molar-refractivity contribution in [2.45, 2.75) is 43.4 Å². The van der Waals surface area contributed by atoms with E-state index in [4.69, 9.17) is 0 Å². The lowest BCUT2D eigenvalue weighted by Gasteiger charge is -2.15. The molecule has 7 heteroatoms. The molecular weight excluding hydrogens is 463 g/mol. The first-order valence-corrected chi connectivity index (χ1v) is 9.95. The number of thioether (sulfide) groups is 1. The van der Waals surface area contributed by atoms with Gasteiger partial charge in [-0.1, -0.05) is 39.0 Å². The molecule has 25 heavy (non-hydrogen) atoms. The van der Waals surface area contributed by atoms with Crippen LogP contribution in [0.5, 0.6) is 0 Å². The lowest BCUT2D eigenvalue weighted by molar-refractivity contribution is 0.773. The van der Waals surface area contributed by atoms with Crippen molar-refractivity contribution < 1.29 is 0 Å². The number of hydrogen-bond acceptors (Lipinski definition) is 4. The minimum atomic E-state index is 0. The molecule has 138 valence electrons. The molecule has 2 N–H and O–H groups in total. The molecule has 0 radical (unpaired) electrons. The van der Waals surface area contributed by atoms with Crippen LogP contribution in [0.1, 0.15) is 37.4 Å². The third-order valence-electron chi connectivity index (χ3n) is 3.36. The van der Waals surface area contributed by atoms with Crippen molar-refractivity contribution in [1.82, 2.24) is 15.6 Å². The molecule has 0 aliphatic heterocycles. The van der Waals surface area contributed by atoms with Crippen molar-refractivity contribution in [2.24, 2.45) is 4.99 Å². The van der Waals surface area contributed by atoms with Gasteiger partial charge in [0.2, 0.25) is 0 Å². The van der Waals surface area contributed by atoms with Gasteiger partial charge in [0.1, 0.15) is 0 Å². The van der Waals surface area contributed by atoms with E-state index in [1.165, 1.54) is 9.90 Å². The summed E-state index contributed by atoms with van der Waals surface area (Å²) in [5.74, 6) is 1.30. The number of guanidine groups is 1. The molecule has 1 aromatic heterocycles. The van der Waals surface area contributed by atoms with Gasteiger partial charge in [-0.15, -0.1) is 47.1 Å². The van der Waals surface area contributed by atoms with Crippen LogP contribution < -0.4 is 10.6 Å². The number of nitrogens with one attached hydrogen (secondary N) is 2. The van der Waals surface area contributed by atoms with Crippen molar-refractivity contribution >= 4 is 53.0 Å². The minimum Gasteiger partial charge on any atom is -0.355 e. The topological polar surface area (TPSA) is 49.3 Å². The fourth-order valence-corrected chi connectivity index (χ4v) is 3.86. The maximum absolute atomic E-state index is 4.64. The fraction of sp³-hybridized carbons (Fsp3) is 0.444. The van der Waals surface area contributed by atoms with Crippen molar-refractivity contribution in [3.05, 3.63) is 46.4 Å². The molecule has 0 amide bonds. The molecule has 4 nitrogen and oxygen atoms in total. The average Bonchev–Trinajstić information content (AvgIpc) is 3.05. The predicted octanol–water partition coefficient (Wildman–Crippen LogP) is 4.73. The minimum absolute atomic E-state index is 0. The Morgan fingerprint density at radius 2 is 1.92 bits per heavy atom. The Labute approximate surface area is 176 Å². The Bertz CT molecular complexity index is 644. The second kappa shape index (κ2) is 11.7. The van der Waals surface area contributed by atoms with Gasteiger partial charge in [0.05, 0.1) is 17.2 Å². The molecule has 0 saturated heterocycles. The van der Waals surface area contributed by atoms with Crippen LogP contribution >= 0.6 is 47.1 Å². The molecule has 1 atom stereocenters. The average molecular weight is 490 g/mol. The molecule has 1 unspecified atom stereocenters. The van der Waals surface area contributed by atoms with Gasteiger partial charge >= 0.3 is 0 Å². The van der Waals surface area contributed by atoms with Crippen LogP contribution in [0, 0.1) is 0 Å². The van der Waals surface area contributed by atoms with Gasteiger partial charge in [0, 0.05) is 35.0 Å². The molecule has 0 aliphatic rings. The normalized spacial score (nSPS) is 12.6. The summed E-state index contributed by atoms with van der Waals surface area (Å²) < 4.78 is 0. The van der Waals surface area contributed by atoms with Crippen LogP contribution in [0.15, 0.2) is 45.6 Å². The highest BCUT2D eigenvalue weighted by atomic mass is 127. The van der Waals surface area contributed by atoms with Gasteiger partial charge in [-0.25, -0.2) is 4.98 Å². The zero-order chi connectivity index (χ0) is 17.4. The second-order valence-electron chi connectivity index (χ2n) is 5.88.